The molecule has 0 aliphatic heterocycles. The molecule has 1 aromatic heterocycles. The number of rotatable bonds is 6. The summed E-state index contributed by atoms with van der Waals surface area (Å²) in [6.07, 6.45) is 0.761. The summed E-state index contributed by atoms with van der Waals surface area (Å²) in [5.41, 5.74) is 2.91. The quantitative estimate of drug-likeness (QED) is 0.489. The number of para-hydroxylation sites is 1. The van der Waals surface area contributed by atoms with Crippen molar-refractivity contribution in [3.05, 3.63) is 76.1 Å². The van der Waals surface area contributed by atoms with Crippen molar-refractivity contribution in [1.82, 2.24) is 4.90 Å². The molecule has 3 rings (SSSR count). The maximum absolute atomic E-state index is 12.6. The van der Waals surface area contributed by atoms with E-state index in [9.17, 15) is 9.59 Å². The topological polar surface area (TPSA) is 62.6 Å². The molecule has 0 atom stereocenters. The first-order valence-corrected chi connectivity index (χ1v) is 9.88. The van der Waals surface area contributed by atoms with E-state index in [1.165, 1.54) is 11.6 Å². The summed E-state index contributed by atoms with van der Waals surface area (Å²) in [6.45, 7) is 7.73. The number of fused-ring (bicyclic) bond motifs is 1. The number of nitrogens with one attached hydrogen (secondary N) is 1. The van der Waals surface area contributed by atoms with Crippen LogP contribution in [0.5, 0.6) is 0 Å². The summed E-state index contributed by atoms with van der Waals surface area (Å²) in [4.78, 5) is 26.1. The highest BCUT2D eigenvalue weighted by Gasteiger charge is 2.16. The lowest BCUT2D eigenvalue weighted by Crippen LogP contribution is -2.29. The molecule has 5 nitrogen and oxygen atoms in total. The van der Waals surface area contributed by atoms with E-state index < -0.39 is 0 Å². The molecule has 0 spiro atoms. The molecule has 1 amide bonds. The van der Waals surface area contributed by atoms with E-state index in [4.69, 9.17) is 4.42 Å². The van der Waals surface area contributed by atoms with Gasteiger partial charge in [-0.25, -0.2) is 4.79 Å². The number of anilines is 1. The molecular formula is C24H28N2O3. The molecule has 3 aromatic rings. The standard InChI is InChI=1S/C24H28N2O3/c1-24(2,3)18-12-10-17(11-13-18)23(28)26(4)15-7-14-25-20-16-22(27)29-21-9-6-5-8-19(20)21/h5-6,8-13,16,25H,7,14-15H2,1-4H3. The molecule has 0 unspecified atom stereocenters. The van der Waals surface area contributed by atoms with Gasteiger partial charge in [0.05, 0.1) is 5.69 Å². The predicted octanol–water partition coefficient (Wildman–Crippen LogP) is 4.66. The summed E-state index contributed by atoms with van der Waals surface area (Å²) in [6, 6.07) is 16.7. The van der Waals surface area contributed by atoms with Gasteiger partial charge in [-0.1, -0.05) is 45.0 Å². The highest BCUT2D eigenvalue weighted by atomic mass is 16.4. The van der Waals surface area contributed by atoms with Crippen LogP contribution in [-0.2, 0) is 5.41 Å². The average Bonchev–Trinajstić information content (AvgIpc) is 2.69. The lowest BCUT2D eigenvalue weighted by Gasteiger charge is -2.21. The summed E-state index contributed by atoms with van der Waals surface area (Å²) in [5.74, 6) is 0.0104. The van der Waals surface area contributed by atoms with Crippen molar-refractivity contribution in [1.29, 1.82) is 0 Å². The number of carbonyl (C=O) groups excluding carboxylic acids is 1. The Morgan fingerprint density at radius 3 is 2.45 bits per heavy atom. The zero-order chi connectivity index (χ0) is 21.0. The van der Waals surface area contributed by atoms with Gasteiger partial charge in [-0.05, 0) is 41.7 Å². The molecule has 0 aliphatic carbocycles. The van der Waals surface area contributed by atoms with Crippen LogP contribution < -0.4 is 10.9 Å². The van der Waals surface area contributed by atoms with Crippen LogP contribution in [0.1, 0.15) is 43.1 Å². The third-order valence-corrected chi connectivity index (χ3v) is 4.98. The molecule has 5 heteroatoms. The molecule has 0 aliphatic rings. The van der Waals surface area contributed by atoms with Crippen LogP contribution in [0.15, 0.2) is 63.8 Å². The number of benzene rings is 2. The van der Waals surface area contributed by atoms with Gasteiger partial charge >= 0.3 is 5.63 Å². The Kier molecular flexibility index (Phi) is 6.06. The lowest BCUT2D eigenvalue weighted by molar-refractivity contribution is 0.0794. The van der Waals surface area contributed by atoms with Crippen molar-refractivity contribution in [3.8, 4) is 0 Å². The molecule has 0 saturated carbocycles. The van der Waals surface area contributed by atoms with Gasteiger partial charge in [0.15, 0.2) is 0 Å². The zero-order valence-corrected chi connectivity index (χ0v) is 17.5. The molecule has 0 saturated heterocycles. The van der Waals surface area contributed by atoms with Crippen LogP contribution in [0.4, 0.5) is 5.69 Å². The average molecular weight is 392 g/mol. The SMILES string of the molecule is CN(CCCNc1cc(=O)oc2ccccc12)C(=O)c1ccc(C(C)(C)C)cc1. The number of carbonyl (C=O) groups is 1. The first-order valence-electron chi connectivity index (χ1n) is 9.88. The third-order valence-electron chi connectivity index (χ3n) is 4.98. The number of amides is 1. The second-order valence-corrected chi connectivity index (χ2v) is 8.31. The Labute approximate surface area is 171 Å². The van der Waals surface area contributed by atoms with E-state index >= 15 is 0 Å². The van der Waals surface area contributed by atoms with Crippen LogP contribution in [0.2, 0.25) is 0 Å². The monoisotopic (exact) mass is 392 g/mol. The number of hydrogen-bond acceptors (Lipinski definition) is 4. The van der Waals surface area contributed by atoms with E-state index in [1.807, 2.05) is 49.5 Å². The lowest BCUT2D eigenvalue weighted by atomic mass is 9.86. The smallest absolute Gasteiger partial charge is 0.338 e. The van der Waals surface area contributed by atoms with Crippen molar-refractivity contribution < 1.29 is 9.21 Å². The maximum atomic E-state index is 12.6. The van der Waals surface area contributed by atoms with Crippen LogP contribution >= 0.6 is 0 Å². The molecule has 1 N–H and O–H groups in total. The molecule has 2 aromatic carbocycles. The Bertz CT molecular complexity index is 1050. The predicted molar refractivity (Wildman–Crippen MR) is 118 cm³/mol. The Morgan fingerprint density at radius 2 is 1.76 bits per heavy atom. The fraction of sp³-hybridized carbons (Fsp3) is 0.333. The third kappa shape index (κ3) is 5.05. The van der Waals surface area contributed by atoms with Crippen molar-refractivity contribution >= 4 is 22.6 Å². The van der Waals surface area contributed by atoms with Crippen molar-refractivity contribution in [3.63, 3.8) is 0 Å². The van der Waals surface area contributed by atoms with Gasteiger partial charge in [-0.15, -0.1) is 0 Å². The van der Waals surface area contributed by atoms with Crippen molar-refractivity contribution in [2.75, 3.05) is 25.5 Å². The number of hydrogen-bond donors (Lipinski definition) is 1. The van der Waals surface area contributed by atoms with E-state index in [2.05, 4.69) is 26.1 Å². The van der Waals surface area contributed by atoms with Crippen molar-refractivity contribution in [2.45, 2.75) is 32.6 Å². The molecule has 29 heavy (non-hydrogen) atoms. The van der Waals surface area contributed by atoms with Gasteiger partial charge < -0.3 is 14.6 Å². The summed E-state index contributed by atoms with van der Waals surface area (Å²) in [7, 11) is 1.81. The molecule has 152 valence electrons. The largest absolute Gasteiger partial charge is 0.423 e. The molecule has 0 fully saturated rings. The molecule has 0 radical (unpaired) electrons. The van der Waals surface area contributed by atoms with E-state index in [1.54, 1.807) is 11.0 Å². The summed E-state index contributed by atoms with van der Waals surface area (Å²) >= 11 is 0. The van der Waals surface area contributed by atoms with Gasteiger partial charge in [0.25, 0.3) is 5.91 Å². The summed E-state index contributed by atoms with van der Waals surface area (Å²) in [5, 5.41) is 4.16. The van der Waals surface area contributed by atoms with E-state index in [-0.39, 0.29) is 16.9 Å². The van der Waals surface area contributed by atoms with E-state index in [0.717, 1.165) is 17.5 Å². The first kappa shape index (κ1) is 20.6. The molecule has 1 heterocycles. The second-order valence-electron chi connectivity index (χ2n) is 8.31. The van der Waals surface area contributed by atoms with Crippen molar-refractivity contribution in [2.24, 2.45) is 0 Å². The van der Waals surface area contributed by atoms with Crippen LogP contribution in [-0.4, -0.2) is 30.9 Å². The fourth-order valence-corrected chi connectivity index (χ4v) is 3.23. The zero-order valence-electron chi connectivity index (χ0n) is 17.5. The highest BCUT2D eigenvalue weighted by molar-refractivity contribution is 5.94. The van der Waals surface area contributed by atoms with Gasteiger partial charge in [0.2, 0.25) is 0 Å². The Balaban J connectivity index is 1.56. The number of nitrogens with zero attached hydrogens (tertiary/aromatic N) is 1. The van der Waals surface area contributed by atoms with Crippen LogP contribution in [0, 0.1) is 0 Å². The van der Waals surface area contributed by atoms with Crippen LogP contribution in [0.25, 0.3) is 11.0 Å². The van der Waals surface area contributed by atoms with E-state index in [0.29, 0.717) is 24.2 Å². The van der Waals surface area contributed by atoms with Crippen LogP contribution in [0.3, 0.4) is 0 Å². The fourth-order valence-electron chi connectivity index (χ4n) is 3.23. The summed E-state index contributed by atoms with van der Waals surface area (Å²) < 4.78 is 5.21. The minimum Gasteiger partial charge on any atom is -0.423 e. The minimum atomic E-state index is -0.378. The minimum absolute atomic E-state index is 0.0104. The Morgan fingerprint density at radius 1 is 1.07 bits per heavy atom. The normalized spacial score (nSPS) is 11.4. The first-order chi connectivity index (χ1) is 13.8. The molecular weight excluding hydrogens is 364 g/mol. The Hall–Kier alpha value is -3.08. The maximum Gasteiger partial charge on any atom is 0.338 e. The van der Waals surface area contributed by atoms with Gasteiger partial charge in [0, 0.05) is 37.2 Å². The van der Waals surface area contributed by atoms with Gasteiger partial charge in [-0.3, -0.25) is 4.79 Å². The highest BCUT2D eigenvalue weighted by Crippen LogP contribution is 2.23. The van der Waals surface area contributed by atoms with Gasteiger partial charge in [-0.2, -0.15) is 0 Å². The second kappa shape index (κ2) is 8.52. The van der Waals surface area contributed by atoms with Gasteiger partial charge in [0.1, 0.15) is 5.58 Å². The molecule has 0 bridgehead atoms.